The van der Waals surface area contributed by atoms with Gasteiger partial charge in [-0.3, -0.25) is 4.98 Å². The number of phenolic OH excluding ortho intramolecular Hbond substituents is 1. The molecule has 1 aromatic heterocycles. The van der Waals surface area contributed by atoms with Gasteiger partial charge in [0.25, 0.3) is 0 Å². The number of unbranched alkanes of at least 4 members (excludes halogenated alkanes) is 1. The number of anilines is 1. The Morgan fingerprint density at radius 1 is 0.909 bits per heavy atom. The molecule has 0 aliphatic carbocycles. The van der Waals surface area contributed by atoms with Crippen molar-refractivity contribution in [2.45, 2.75) is 19.3 Å². The molecule has 0 saturated heterocycles. The van der Waals surface area contributed by atoms with Gasteiger partial charge in [0, 0.05) is 23.8 Å². The maximum atomic E-state index is 9.26. The second-order valence-corrected chi connectivity index (χ2v) is 5.43. The van der Waals surface area contributed by atoms with Crippen LogP contribution in [-0.4, -0.2) is 16.6 Å². The van der Waals surface area contributed by atoms with Crippen LogP contribution in [0.5, 0.6) is 5.75 Å². The number of para-hydroxylation sites is 1. The highest BCUT2D eigenvalue weighted by Crippen LogP contribution is 2.21. The Labute approximate surface area is 130 Å². The summed E-state index contributed by atoms with van der Waals surface area (Å²) in [5.74, 6) is 0.329. The van der Waals surface area contributed by atoms with E-state index in [0.717, 1.165) is 37.0 Å². The number of aromatic nitrogens is 1. The van der Waals surface area contributed by atoms with E-state index in [1.54, 1.807) is 12.1 Å². The first-order valence-corrected chi connectivity index (χ1v) is 7.68. The van der Waals surface area contributed by atoms with E-state index in [0.29, 0.717) is 5.75 Å². The second-order valence-electron chi connectivity index (χ2n) is 5.43. The highest BCUT2D eigenvalue weighted by Gasteiger charge is 2.00. The zero-order chi connectivity index (χ0) is 15.2. The summed E-state index contributed by atoms with van der Waals surface area (Å²) in [6.45, 7) is 0.950. The van der Waals surface area contributed by atoms with Gasteiger partial charge in [0.1, 0.15) is 5.75 Å². The standard InChI is InChI=1S/C19H20N2O/c22-16-10-8-15(9-11-16)5-3-4-13-20-19-12-14-21-18-7-2-1-6-17(18)19/h1-2,6-12,14,22H,3-5,13H2,(H,20,21). The Bertz CT molecular complexity index is 733. The minimum absolute atomic E-state index is 0.329. The lowest BCUT2D eigenvalue weighted by atomic mass is 10.1. The van der Waals surface area contributed by atoms with E-state index in [1.165, 1.54) is 10.9 Å². The number of aryl methyl sites for hydroxylation is 1. The highest BCUT2D eigenvalue weighted by atomic mass is 16.3. The summed E-state index contributed by atoms with van der Waals surface area (Å²) in [5.41, 5.74) is 3.44. The average Bonchev–Trinajstić information content (AvgIpc) is 2.56. The van der Waals surface area contributed by atoms with Crippen molar-refractivity contribution in [1.29, 1.82) is 0 Å². The summed E-state index contributed by atoms with van der Waals surface area (Å²) in [4.78, 5) is 4.37. The molecular formula is C19H20N2O. The van der Waals surface area contributed by atoms with Gasteiger partial charge in [0.15, 0.2) is 0 Å². The Hall–Kier alpha value is -2.55. The summed E-state index contributed by atoms with van der Waals surface area (Å²) in [6.07, 6.45) is 5.12. The van der Waals surface area contributed by atoms with Crippen molar-refractivity contribution in [3.8, 4) is 5.75 Å². The maximum Gasteiger partial charge on any atom is 0.115 e. The lowest BCUT2D eigenvalue weighted by Crippen LogP contribution is -2.02. The van der Waals surface area contributed by atoms with Gasteiger partial charge in [-0.05, 0) is 49.1 Å². The molecule has 0 amide bonds. The molecule has 0 spiro atoms. The van der Waals surface area contributed by atoms with Gasteiger partial charge in [0.05, 0.1) is 5.52 Å². The Balaban J connectivity index is 1.49. The molecule has 22 heavy (non-hydrogen) atoms. The zero-order valence-electron chi connectivity index (χ0n) is 12.5. The number of pyridine rings is 1. The van der Waals surface area contributed by atoms with Gasteiger partial charge in [-0.2, -0.15) is 0 Å². The molecule has 3 rings (SSSR count). The number of benzene rings is 2. The number of nitrogens with one attached hydrogen (secondary N) is 1. The molecule has 0 fully saturated rings. The molecule has 0 bridgehead atoms. The van der Waals surface area contributed by atoms with E-state index in [-0.39, 0.29) is 0 Å². The van der Waals surface area contributed by atoms with Crippen molar-refractivity contribution >= 4 is 16.6 Å². The molecule has 2 N–H and O–H groups in total. The van der Waals surface area contributed by atoms with Crippen LogP contribution in [0.15, 0.2) is 60.8 Å². The summed E-state index contributed by atoms with van der Waals surface area (Å²) in [7, 11) is 0. The highest BCUT2D eigenvalue weighted by molar-refractivity contribution is 5.90. The molecule has 1 heterocycles. The van der Waals surface area contributed by atoms with Crippen LogP contribution < -0.4 is 5.32 Å². The Morgan fingerprint density at radius 3 is 2.59 bits per heavy atom. The monoisotopic (exact) mass is 292 g/mol. The minimum Gasteiger partial charge on any atom is -0.508 e. The largest absolute Gasteiger partial charge is 0.508 e. The summed E-state index contributed by atoms with van der Waals surface area (Å²) in [5, 5.41) is 13.9. The molecule has 112 valence electrons. The van der Waals surface area contributed by atoms with Crippen molar-refractivity contribution in [3.63, 3.8) is 0 Å². The third kappa shape index (κ3) is 3.55. The second kappa shape index (κ2) is 6.94. The predicted octanol–water partition coefficient (Wildman–Crippen LogP) is 4.38. The van der Waals surface area contributed by atoms with E-state index < -0.39 is 0 Å². The quantitative estimate of drug-likeness (QED) is 0.663. The molecule has 0 saturated carbocycles. The summed E-state index contributed by atoms with van der Waals surface area (Å²) >= 11 is 0. The number of hydrogen-bond donors (Lipinski definition) is 2. The molecule has 0 radical (unpaired) electrons. The van der Waals surface area contributed by atoms with Gasteiger partial charge in [-0.1, -0.05) is 30.3 Å². The molecule has 0 aliphatic heterocycles. The van der Waals surface area contributed by atoms with Gasteiger partial charge in [0.2, 0.25) is 0 Å². The molecule has 3 aromatic rings. The van der Waals surface area contributed by atoms with Crippen molar-refractivity contribution in [3.05, 3.63) is 66.4 Å². The SMILES string of the molecule is Oc1ccc(CCCCNc2ccnc3ccccc23)cc1. The molecule has 2 aromatic carbocycles. The van der Waals surface area contributed by atoms with Crippen LogP contribution in [0.1, 0.15) is 18.4 Å². The zero-order valence-corrected chi connectivity index (χ0v) is 12.5. The summed E-state index contributed by atoms with van der Waals surface area (Å²) < 4.78 is 0. The van der Waals surface area contributed by atoms with Crippen molar-refractivity contribution in [2.24, 2.45) is 0 Å². The average molecular weight is 292 g/mol. The fourth-order valence-electron chi connectivity index (χ4n) is 2.59. The molecule has 3 nitrogen and oxygen atoms in total. The predicted molar refractivity (Wildman–Crippen MR) is 91.3 cm³/mol. The van der Waals surface area contributed by atoms with E-state index >= 15 is 0 Å². The van der Waals surface area contributed by atoms with Crippen LogP contribution in [0.2, 0.25) is 0 Å². The molecule has 0 atom stereocenters. The van der Waals surface area contributed by atoms with Gasteiger partial charge in [-0.15, -0.1) is 0 Å². The van der Waals surface area contributed by atoms with Crippen LogP contribution in [0.3, 0.4) is 0 Å². The van der Waals surface area contributed by atoms with Crippen LogP contribution in [0.25, 0.3) is 10.9 Å². The molecular weight excluding hydrogens is 272 g/mol. The van der Waals surface area contributed by atoms with Crippen LogP contribution in [0, 0.1) is 0 Å². The number of fused-ring (bicyclic) bond motifs is 1. The van der Waals surface area contributed by atoms with Gasteiger partial charge >= 0.3 is 0 Å². The molecule has 3 heteroatoms. The van der Waals surface area contributed by atoms with E-state index in [1.807, 2.05) is 42.6 Å². The number of rotatable bonds is 6. The van der Waals surface area contributed by atoms with Gasteiger partial charge in [-0.25, -0.2) is 0 Å². The van der Waals surface area contributed by atoms with E-state index in [9.17, 15) is 5.11 Å². The number of hydrogen-bond acceptors (Lipinski definition) is 3. The van der Waals surface area contributed by atoms with Crippen LogP contribution in [0.4, 0.5) is 5.69 Å². The first-order chi connectivity index (χ1) is 10.8. The summed E-state index contributed by atoms with van der Waals surface area (Å²) in [6, 6.07) is 17.7. The first kappa shape index (κ1) is 14.4. The van der Waals surface area contributed by atoms with Gasteiger partial charge < -0.3 is 10.4 Å². The van der Waals surface area contributed by atoms with Crippen LogP contribution in [-0.2, 0) is 6.42 Å². The first-order valence-electron chi connectivity index (χ1n) is 7.68. The van der Waals surface area contributed by atoms with Crippen molar-refractivity contribution in [1.82, 2.24) is 4.98 Å². The smallest absolute Gasteiger partial charge is 0.115 e. The maximum absolute atomic E-state index is 9.26. The number of aromatic hydroxyl groups is 1. The van der Waals surface area contributed by atoms with Crippen molar-refractivity contribution < 1.29 is 5.11 Å². The lowest BCUT2D eigenvalue weighted by Gasteiger charge is -2.09. The third-order valence-corrected chi connectivity index (χ3v) is 3.79. The molecule has 0 aliphatic rings. The normalized spacial score (nSPS) is 10.7. The third-order valence-electron chi connectivity index (χ3n) is 3.79. The molecule has 0 unspecified atom stereocenters. The number of nitrogens with zero attached hydrogens (tertiary/aromatic N) is 1. The van der Waals surface area contributed by atoms with Crippen LogP contribution >= 0.6 is 0 Å². The van der Waals surface area contributed by atoms with Crippen molar-refractivity contribution in [2.75, 3.05) is 11.9 Å². The number of phenols is 1. The fourth-order valence-corrected chi connectivity index (χ4v) is 2.59. The minimum atomic E-state index is 0.329. The fraction of sp³-hybridized carbons (Fsp3) is 0.211. The Morgan fingerprint density at radius 2 is 1.73 bits per heavy atom. The van der Waals surface area contributed by atoms with E-state index in [4.69, 9.17) is 0 Å². The lowest BCUT2D eigenvalue weighted by molar-refractivity contribution is 0.475. The topological polar surface area (TPSA) is 45.1 Å². The van der Waals surface area contributed by atoms with E-state index in [2.05, 4.69) is 16.4 Å². The Kier molecular flexibility index (Phi) is 4.54.